The van der Waals surface area contributed by atoms with Gasteiger partial charge in [0.2, 0.25) is 5.91 Å². The van der Waals surface area contributed by atoms with Crippen LogP contribution in [0, 0.1) is 0 Å². The van der Waals surface area contributed by atoms with Crippen molar-refractivity contribution in [2.24, 2.45) is 0 Å². The van der Waals surface area contributed by atoms with Crippen molar-refractivity contribution in [2.75, 3.05) is 23.3 Å². The number of urea groups is 1. The lowest BCUT2D eigenvalue weighted by Crippen LogP contribution is -2.39. The fourth-order valence-electron chi connectivity index (χ4n) is 4.92. The highest BCUT2D eigenvalue weighted by Crippen LogP contribution is 2.45. The fraction of sp³-hybridized carbons (Fsp3) is 0.179. The molecule has 1 aromatic carbocycles. The summed E-state index contributed by atoms with van der Waals surface area (Å²) in [5, 5.41) is 6.60. The van der Waals surface area contributed by atoms with Crippen LogP contribution in [0.4, 0.5) is 22.0 Å². The van der Waals surface area contributed by atoms with Crippen molar-refractivity contribution in [1.29, 1.82) is 0 Å². The molecule has 1 atom stereocenters. The Labute approximate surface area is 222 Å². The van der Waals surface area contributed by atoms with Gasteiger partial charge >= 0.3 is 6.03 Å². The molecule has 0 unspecified atom stereocenters. The first-order valence-corrected chi connectivity index (χ1v) is 13.1. The number of nitrogens with one attached hydrogen (secondary N) is 2. The van der Waals surface area contributed by atoms with Gasteiger partial charge in [-0.25, -0.2) is 19.7 Å². The zero-order valence-corrected chi connectivity index (χ0v) is 21.2. The minimum absolute atomic E-state index is 0.151. The number of thiophene rings is 1. The second-order valence-corrected chi connectivity index (χ2v) is 10.2. The van der Waals surface area contributed by atoms with E-state index >= 15 is 0 Å². The number of amides is 4. The van der Waals surface area contributed by atoms with Gasteiger partial charge in [0.1, 0.15) is 15.5 Å². The number of aromatic nitrogens is 2. The zero-order chi connectivity index (χ0) is 26.2. The minimum atomic E-state index is -0.399. The van der Waals surface area contributed by atoms with Crippen LogP contribution in [0.3, 0.4) is 0 Å². The monoisotopic (exact) mass is 524 g/mol. The number of anilines is 3. The fourth-order valence-corrected chi connectivity index (χ4v) is 5.94. The van der Waals surface area contributed by atoms with Gasteiger partial charge in [-0.15, -0.1) is 11.3 Å². The predicted molar refractivity (Wildman–Crippen MR) is 147 cm³/mol. The van der Waals surface area contributed by atoms with Crippen molar-refractivity contribution in [3.8, 4) is 0 Å². The quantitative estimate of drug-likeness (QED) is 0.362. The van der Waals surface area contributed by atoms with Crippen molar-refractivity contribution in [3.05, 3.63) is 89.6 Å². The highest BCUT2D eigenvalue weighted by atomic mass is 32.1. The van der Waals surface area contributed by atoms with Crippen LogP contribution in [0.15, 0.2) is 73.6 Å². The molecule has 5 heterocycles. The highest BCUT2D eigenvalue weighted by molar-refractivity contribution is 7.21. The van der Waals surface area contributed by atoms with Crippen molar-refractivity contribution in [2.45, 2.75) is 18.9 Å². The maximum atomic E-state index is 13.3. The molecule has 190 valence electrons. The Bertz CT molecular complexity index is 1570. The van der Waals surface area contributed by atoms with Gasteiger partial charge in [0.25, 0.3) is 5.91 Å². The summed E-state index contributed by atoms with van der Waals surface area (Å²) in [6, 6.07) is 15.1. The second-order valence-electron chi connectivity index (χ2n) is 9.22. The Morgan fingerprint density at radius 3 is 2.74 bits per heavy atom. The van der Waals surface area contributed by atoms with Crippen LogP contribution in [-0.2, 0) is 11.2 Å². The van der Waals surface area contributed by atoms with Crippen molar-refractivity contribution >= 4 is 56.6 Å². The minimum Gasteiger partial charge on any atom is -0.347 e. The first-order chi connectivity index (χ1) is 18.5. The summed E-state index contributed by atoms with van der Waals surface area (Å²) >= 11 is 1.23. The molecule has 38 heavy (non-hydrogen) atoms. The molecule has 9 nitrogen and oxygen atoms in total. The van der Waals surface area contributed by atoms with Gasteiger partial charge in [0.15, 0.2) is 0 Å². The number of likely N-dealkylation sites (tertiary alicyclic amines) is 1. The molecule has 10 heteroatoms. The van der Waals surface area contributed by atoms with Gasteiger partial charge < -0.3 is 15.5 Å². The van der Waals surface area contributed by atoms with E-state index in [2.05, 4.69) is 39.3 Å². The van der Waals surface area contributed by atoms with Gasteiger partial charge in [-0.05, 0) is 42.2 Å². The summed E-state index contributed by atoms with van der Waals surface area (Å²) < 4.78 is 0. The number of pyridine rings is 2. The summed E-state index contributed by atoms with van der Waals surface area (Å²) in [4.78, 5) is 51.7. The van der Waals surface area contributed by atoms with E-state index in [1.807, 2.05) is 30.3 Å². The Morgan fingerprint density at radius 2 is 1.97 bits per heavy atom. The number of benzene rings is 1. The summed E-state index contributed by atoms with van der Waals surface area (Å²) in [5.74, 6) is 0.0261. The first-order valence-electron chi connectivity index (χ1n) is 12.3. The van der Waals surface area contributed by atoms with E-state index in [4.69, 9.17) is 0 Å². The van der Waals surface area contributed by atoms with E-state index in [9.17, 15) is 14.4 Å². The maximum Gasteiger partial charge on any atom is 0.332 e. The number of rotatable bonds is 6. The third-order valence-electron chi connectivity index (χ3n) is 6.75. The van der Waals surface area contributed by atoms with Crippen LogP contribution in [0.1, 0.15) is 27.2 Å². The maximum absolute atomic E-state index is 13.3. The van der Waals surface area contributed by atoms with E-state index < -0.39 is 6.03 Å². The topological polar surface area (TPSA) is 108 Å². The molecule has 3 aromatic heterocycles. The third-order valence-corrected chi connectivity index (χ3v) is 7.85. The Kier molecular flexibility index (Phi) is 6.09. The summed E-state index contributed by atoms with van der Waals surface area (Å²) in [7, 11) is 0. The van der Waals surface area contributed by atoms with Crippen LogP contribution in [0.25, 0.3) is 10.2 Å². The molecular weight excluding hydrogens is 500 g/mol. The lowest BCUT2D eigenvalue weighted by atomic mass is 10.1. The lowest BCUT2D eigenvalue weighted by Gasteiger charge is -2.27. The Morgan fingerprint density at radius 1 is 1.13 bits per heavy atom. The molecule has 1 fully saturated rings. The smallest absolute Gasteiger partial charge is 0.332 e. The molecular formula is C28H24N6O3S. The average Bonchev–Trinajstić information content (AvgIpc) is 3.55. The highest BCUT2D eigenvalue weighted by Gasteiger charge is 2.34. The van der Waals surface area contributed by atoms with Crippen LogP contribution in [0.5, 0.6) is 0 Å². The van der Waals surface area contributed by atoms with E-state index in [0.29, 0.717) is 51.8 Å². The molecule has 4 amide bonds. The number of hydrogen-bond donors (Lipinski definition) is 2. The van der Waals surface area contributed by atoms with E-state index in [0.717, 1.165) is 12.0 Å². The van der Waals surface area contributed by atoms with Gasteiger partial charge in [-0.2, -0.15) is 0 Å². The molecule has 0 spiro atoms. The predicted octanol–water partition coefficient (Wildman–Crippen LogP) is 4.48. The molecule has 0 aliphatic carbocycles. The largest absolute Gasteiger partial charge is 0.347 e. The van der Waals surface area contributed by atoms with Crippen LogP contribution >= 0.6 is 11.3 Å². The molecule has 1 saturated heterocycles. The molecule has 2 aliphatic rings. The number of carbonyl (C=O) groups is 3. The van der Waals surface area contributed by atoms with E-state index in [1.165, 1.54) is 27.9 Å². The summed E-state index contributed by atoms with van der Waals surface area (Å²) in [5.41, 5.74) is 3.29. The SMILES string of the molecule is C=CC(=O)N1CC[C@@H](NC(=O)c2sc3nccc4c3c2NC(=O)N4c2ccc(Cc3ccccc3)cn2)C1. The third kappa shape index (κ3) is 4.28. The van der Waals surface area contributed by atoms with Crippen molar-refractivity contribution in [1.82, 2.24) is 20.2 Å². The van der Waals surface area contributed by atoms with E-state index in [-0.39, 0.29) is 17.9 Å². The van der Waals surface area contributed by atoms with Gasteiger partial charge in [-0.1, -0.05) is 43.0 Å². The van der Waals surface area contributed by atoms with Gasteiger partial charge in [-0.3, -0.25) is 9.59 Å². The number of nitrogens with zero attached hydrogens (tertiary/aromatic N) is 4. The van der Waals surface area contributed by atoms with Gasteiger partial charge in [0.05, 0.1) is 16.8 Å². The number of hydrogen-bond acceptors (Lipinski definition) is 6. The Balaban J connectivity index is 1.27. The molecule has 0 saturated carbocycles. The zero-order valence-electron chi connectivity index (χ0n) is 20.4. The molecule has 0 radical (unpaired) electrons. The van der Waals surface area contributed by atoms with Gasteiger partial charge in [0, 0.05) is 31.5 Å². The molecule has 6 rings (SSSR count). The molecule has 2 aliphatic heterocycles. The van der Waals surface area contributed by atoms with Crippen molar-refractivity contribution < 1.29 is 14.4 Å². The standard InChI is InChI=1S/C28H24N6O3S/c1-2-22(35)33-13-11-19(16-33)31-26(36)25-24-23-20(10-12-29-27(23)38-25)34(28(37)32-24)21-9-8-18(15-30-21)14-17-6-4-3-5-7-17/h2-10,12,15,19H,1,11,13-14,16H2,(H,31,36)(H,32,37)/t19-/m1/s1. The second kappa shape index (κ2) is 9.71. The normalized spacial score (nSPS) is 16.4. The molecule has 0 bridgehead atoms. The molecule has 4 aromatic rings. The number of carbonyl (C=O) groups excluding carboxylic acids is 3. The lowest BCUT2D eigenvalue weighted by molar-refractivity contribution is -0.125. The van der Waals surface area contributed by atoms with Crippen LogP contribution < -0.4 is 15.5 Å². The summed E-state index contributed by atoms with van der Waals surface area (Å²) in [6.45, 7) is 4.51. The molecule has 2 N–H and O–H groups in total. The average molecular weight is 525 g/mol. The Hall–Kier alpha value is -4.57. The first kappa shape index (κ1) is 23.8. The van der Waals surface area contributed by atoms with Crippen LogP contribution in [-0.4, -0.2) is 51.8 Å². The van der Waals surface area contributed by atoms with E-state index in [1.54, 1.807) is 23.4 Å². The van der Waals surface area contributed by atoms with Crippen molar-refractivity contribution in [3.63, 3.8) is 0 Å². The van der Waals surface area contributed by atoms with Crippen LogP contribution in [0.2, 0.25) is 0 Å². The summed E-state index contributed by atoms with van der Waals surface area (Å²) in [6.07, 6.45) is 6.08.